The van der Waals surface area contributed by atoms with Crippen molar-refractivity contribution >= 4 is 29.9 Å². The Hall–Kier alpha value is -0.0800. The Morgan fingerprint density at radius 1 is 1.25 bits per heavy atom. The summed E-state index contributed by atoms with van der Waals surface area (Å²) in [6.07, 6.45) is 8.50. The smallest absolute Gasteiger partial charge is 0.191 e. The van der Waals surface area contributed by atoms with Crippen molar-refractivity contribution in [3.63, 3.8) is 0 Å². The average Bonchev–Trinajstić information content (AvgIpc) is 2.97. The van der Waals surface area contributed by atoms with Gasteiger partial charge in [-0.1, -0.05) is 19.3 Å². The summed E-state index contributed by atoms with van der Waals surface area (Å²) in [5.74, 6) is 1.68. The van der Waals surface area contributed by atoms with Crippen LogP contribution in [0.25, 0.3) is 0 Å². The van der Waals surface area contributed by atoms with E-state index in [0.29, 0.717) is 0 Å². The van der Waals surface area contributed by atoms with Gasteiger partial charge in [0.2, 0.25) is 0 Å². The van der Waals surface area contributed by atoms with Crippen LogP contribution in [0.1, 0.15) is 51.9 Å². The highest BCUT2D eigenvalue weighted by molar-refractivity contribution is 14.0. The molecule has 1 atom stereocenters. The van der Waals surface area contributed by atoms with Crippen molar-refractivity contribution in [2.45, 2.75) is 51.9 Å². The number of aliphatic hydroxyl groups excluding tert-OH is 1. The van der Waals surface area contributed by atoms with E-state index in [-0.39, 0.29) is 36.0 Å². The van der Waals surface area contributed by atoms with Gasteiger partial charge in [0.15, 0.2) is 5.96 Å². The van der Waals surface area contributed by atoms with Crippen LogP contribution in [0.3, 0.4) is 0 Å². The van der Waals surface area contributed by atoms with Gasteiger partial charge in [0, 0.05) is 32.8 Å². The van der Waals surface area contributed by atoms with Crippen LogP contribution in [-0.4, -0.2) is 62.3 Å². The number of nitrogens with zero attached hydrogens (tertiary/aromatic N) is 2. The molecule has 0 aromatic heterocycles. The fourth-order valence-electron chi connectivity index (χ4n) is 4.05. The van der Waals surface area contributed by atoms with Gasteiger partial charge >= 0.3 is 0 Å². The minimum Gasteiger partial charge on any atom is -0.396 e. The number of likely N-dealkylation sites (tertiary alicyclic amines) is 1. The fourth-order valence-corrected chi connectivity index (χ4v) is 4.05. The monoisotopic (exact) mass is 452 g/mol. The van der Waals surface area contributed by atoms with Crippen LogP contribution in [0, 0.1) is 11.3 Å². The Labute approximate surface area is 165 Å². The van der Waals surface area contributed by atoms with E-state index in [2.05, 4.69) is 29.5 Å². The van der Waals surface area contributed by atoms with Crippen molar-refractivity contribution in [2.24, 2.45) is 16.3 Å². The molecule has 2 rings (SSSR count). The molecule has 0 amide bonds. The third kappa shape index (κ3) is 7.04. The summed E-state index contributed by atoms with van der Waals surface area (Å²) in [6, 6.07) is 0. The molecular formula is C18H37IN4O. The molecule has 2 aliphatic rings. The molecule has 0 bridgehead atoms. The van der Waals surface area contributed by atoms with Crippen molar-refractivity contribution in [2.75, 3.05) is 46.4 Å². The van der Waals surface area contributed by atoms with Crippen molar-refractivity contribution in [1.82, 2.24) is 15.5 Å². The Kier molecular flexibility index (Phi) is 10.5. The predicted molar refractivity (Wildman–Crippen MR) is 112 cm³/mol. The molecule has 1 aliphatic heterocycles. The van der Waals surface area contributed by atoms with Crippen LogP contribution in [0.15, 0.2) is 4.99 Å². The molecule has 0 aromatic rings. The second-order valence-corrected chi connectivity index (χ2v) is 7.53. The molecule has 2 fully saturated rings. The first-order valence-electron chi connectivity index (χ1n) is 9.49. The summed E-state index contributed by atoms with van der Waals surface area (Å²) in [5.41, 5.74) is 0.225. The lowest BCUT2D eigenvalue weighted by atomic mass is 9.72. The van der Waals surface area contributed by atoms with Gasteiger partial charge in [-0.05, 0) is 57.5 Å². The zero-order valence-corrected chi connectivity index (χ0v) is 17.8. The summed E-state index contributed by atoms with van der Waals surface area (Å²) < 4.78 is 0. The van der Waals surface area contributed by atoms with Crippen molar-refractivity contribution in [1.29, 1.82) is 0 Å². The first-order valence-corrected chi connectivity index (χ1v) is 9.49. The Bertz CT molecular complexity index is 367. The molecule has 6 heteroatoms. The first-order chi connectivity index (χ1) is 11.2. The van der Waals surface area contributed by atoms with E-state index in [9.17, 15) is 5.11 Å². The second kappa shape index (κ2) is 11.5. The number of rotatable bonds is 7. The SMILES string of the molecule is CCNC(=NCC1(CCO)CCCCC1)NCC1CCN(C)C1.I. The number of aliphatic imine (C=N–C) groups is 1. The van der Waals surface area contributed by atoms with E-state index in [0.717, 1.165) is 37.9 Å². The van der Waals surface area contributed by atoms with Gasteiger partial charge in [0.25, 0.3) is 0 Å². The molecule has 1 heterocycles. The van der Waals surface area contributed by atoms with E-state index in [4.69, 9.17) is 4.99 Å². The van der Waals surface area contributed by atoms with Gasteiger partial charge in [0.05, 0.1) is 0 Å². The topological polar surface area (TPSA) is 59.9 Å². The van der Waals surface area contributed by atoms with Gasteiger partial charge in [-0.25, -0.2) is 0 Å². The number of guanidine groups is 1. The van der Waals surface area contributed by atoms with Crippen molar-refractivity contribution in [3.05, 3.63) is 0 Å². The standard InChI is InChI=1S/C18H36N4O.HI/c1-3-19-17(20-13-16-7-11-22(2)14-16)21-15-18(10-12-23)8-5-4-6-9-18;/h16,23H,3-15H2,1-2H3,(H2,19,20,21);1H. The van der Waals surface area contributed by atoms with E-state index in [1.165, 1.54) is 51.6 Å². The molecule has 5 nitrogen and oxygen atoms in total. The maximum absolute atomic E-state index is 9.44. The Balaban J connectivity index is 0.00000288. The summed E-state index contributed by atoms with van der Waals surface area (Å²) in [7, 11) is 2.20. The lowest BCUT2D eigenvalue weighted by Crippen LogP contribution is -2.41. The highest BCUT2D eigenvalue weighted by Gasteiger charge is 2.31. The number of halogens is 1. The van der Waals surface area contributed by atoms with Crippen LogP contribution in [0.2, 0.25) is 0 Å². The van der Waals surface area contributed by atoms with E-state index in [1.54, 1.807) is 0 Å². The average molecular weight is 452 g/mol. The third-order valence-electron chi connectivity index (χ3n) is 5.52. The lowest BCUT2D eigenvalue weighted by molar-refractivity contribution is 0.137. The second-order valence-electron chi connectivity index (χ2n) is 7.53. The van der Waals surface area contributed by atoms with E-state index >= 15 is 0 Å². The molecular weight excluding hydrogens is 415 g/mol. The molecule has 0 radical (unpaired) electrons. The molecule has 142 valence electrons. The first kappa shape index (κ1) is 22.0. The quantitative estimate of drug-likeness (QED) is 0.316. The normalized spacial score (nSPS) is 24.5. The third-order valence-corrected chi connectivity index (χ3v) is 5.52. The van der Waals surface area contributed by atoms with Crippen LogP contribution in [0.4, 0.5) is 0 Å². The summed E-state index contributed by atoms with van der Waals surface area (Å²) in [4.78, 5) is 7.28. The number of hydrogen-bond acceptors (Lipinski definition) is 3. The minimum absolute atomic E-state index is 0. The summed E-state index contributed by atoms with van der Waals surface area (Å²) in [5, 5.41) is 16.4. The van der Waals surface area contributed by atoms with Gasteiger partial charge in [0.1, 0.15) is 0 Å². The molecule has 1 unspecified atom stereocenters. The molecule has 3 N–H and O–H groups in total. The maximum Gasteiger partial charge on any atom is 0.191 e. The predicted octanol–water partition coefficient (Wildman–Crippen LogP) is 2.44. The van der Waals surface area contributed by atoms with E-state index in [1.807, 2.05) is 0 Å². The maximum atomic E-state index is 9.44. The number of hydrogen-bond donors (Lipinski definition) is 3. The zero-order valence-electron chi connectivity index (χ0n) is 15.5. The summed E-state index contributed by atoms with van der Waals surface area (Å²) >= 11 is 0. The van der Waals surface area contributed by atoms with Crippen LogP contribution in [0.5, 0.6) is 0 Å². The molecule has 24 heavy (non-hydrogen) atoms. The number of nitrogens with one attached hydrogen (secondary N) is 2. The largest absolute Gasteiger partial charge is 0.396 e. The molecule has 1 aliphatic carbocycles. The highest BCUT2D eigenvalue weighted by atomic mass is 127. The lowest BCUT2D eigenvalue weighted by Gasteiger charge is -2.35. The minimum atomic E-state index is 0. The fraction of sp³-hybridized carbons (Fsp3) is 0.944. The Morgan fingerprint density at radius 3 is 2.58 bits per heavy atom. The number of aliphatic hydroxyl groups is 1. The molecule has 0 spiro atoms. The van der Waals surface area contributed by atoms with Crippen LogP contribution >= 0.6 is 24.0 Å². The van der Waals surface area contributed by atoms with Gasteiger partial charge < -0.3 is 20.6 Å². The van der Waals surface area contributed by atoms with Crippen molar-refractivity contribution in [3.8, 4) is 0 Å². The Morgan fingerprint density at radius 2 is 2.00 bits per heavy atom. The molecule has 1 saturated carbocycles. The van der Waals surface area contributed by atoms with Gasteiger partial charge in [-0.2, -0.15) is 0 Å². The van der Waals surface area contributed by atoms with Crippen LogP contribution < -0.4 is 10.6 Å². The van der Waals surface area contributed by atoms with Crippen LogP contribution in [-0.2, 0) is 0 Å². The highest BCUT2D eigenvalue weighted by Crippen LogP contribution is 2.39. The molecule has 0 aromatic carbocycles. The molecule has 1 saturated heterocycles. The van der Waals surface area contributed by atoms with Gasteiger partial charge in [-0.3, -0.25) is 4.99 Å². The van der Waals surface area contributed by atoms with Crippen molar-refractivity contribution < 1.29 is 5.11 Å². The zero-order chi connectivity index (χ0) is 16.5. The van der Waals surface area contributed by atoms with Gasteiger partial charge in [-0.15, -0.1) is 24.0 Å². The summed E-state index contributed by atoms with van der Waals surface area (Å²) in [6.45, 7) is 7.53. The van der Waals surface area contributed by atoms with E-state index < -0.39 is 0 Å².